The quantitative estimate of drug-likeness (QED) is 0.556. The van der Waals surface area contributed by atoms with Crippen LogP contribution < -0.4 is 0 Å². The van der Waals surface area contributed by atoms with E-state index in [1.54, 1.807) is 0 Å². The Labute approximate surface area is 74.2 Å². The van der Waals surface area contributed by atoms with E-state index in [1.807, 2.05) is 0 Å². The Morgan fingerprint density at radius 1 is 1.17 bits per heavy atom. The zero-order valence-electron chi connectivity index (χ0n) is 7.84. The molecule has 0 aromatic heterocycles. The van der Waals surface area contributed by atoms with Gasteiger partial charge in [0.2, 0.25) is 0 Å². The van der Waals surface area contributed by atoms with Gasteiger partial charge in [-0.15, -0.1) is 0 Å². The van der Waals surface area contributed by atoms with Crippen molar-refractivity contribution < 1.29 is 9.47 Å². The van der Waals surface area contributed by atoms with Gasteiger partial charge < -0.3 is 9.47 Å². The maximum Gasteiger partial charge on any atom is 0.168 e. The molecular formula is C10H18O2. The van der Waals surface area contributed by atoms with Crippen LogP contribution in [0.25, 0.3) is 0 Å². The van der Waals surface area contributed by atoms with Crippen molar-refractivity contribution >= 4 is 0 Å². The maximum absolute atomic E-state index is 5.85. The lowest BCUT2D eigenvalue weighted by Gasteiger charge is -2.27. The number of hydrogen-bond donors (Lipinski definition) is 0. The van der Waals surface area contributed by atoms with Crippen molar-refractivity contribution in [2.45, 2.75) is 57.3 Å². The van der Waals surface area contributed by atoms with Crippen molar-refractivity contribution in [3.05, 3.63) is 0 Å². The molecule has 2 aliphatic heterocycles. The highest BCUT2D eigenvalue weighted by Crippen LogP contribution is 2.37. The number of rotatable bonds is 0. The Bertz CT molecular complexity index is 148. The van der Waals surface area contributed by atoms with Crippen LogP contribution >= 0.6 is 0 Å². The summed E-state index contributed by atoms with van der Waals surface area (Å²) in [5, 5.41) is 0. The lowest BCUT2D eigenvalue weighted by atomic mass is 10.1. The predicted octanol–water partition coefficient (Wildman–Crippen LogP) is 2.47. The highest BCUT2D eigenvalue weighted by Gasteiger charge is 2.39. The zero-order valence-corrected chi connectivity index (χ0v) is 7.84. The van der Waals surface area contributed by atoms with E-state index in [0.717, 1.165) is 19.4 Å². The molecule has 2 fully saturated rings. The van der Waals surface area contributed by atoms with E-state index in [0.29, 0.717) is 6.10 Å². The van der Waals surface area contributed by atoms with Crippen molar-refractivity contribution in [3.8, 4) is 0 Å². The van der Waals surface area contributed by atoms with Gasteiger partial charge in [0.1, 0.15) is 0 Å². The summed E-state index contributed by atoms with van der Waals surface area (Å²) in [6, 6.07) is 0. The molecule has 0 saturated carbocycles. The SMILES string of the molecule is CC1CCC2(CCCCCO2)O1. The van der Waals surface area contributed by atoms with Gasteiger partial charge in [-0.2, -0.15) is 0 Å². The fourth-order valence-corrected chi connectivity index (χ4v) is 2.20. The molecule has 2 heteroatoms. The predicted molar refractivity (Wildman–Crippen MR) is 46.9 cm³/mol. The minimum Gasteiger partial charge on any atom is -0.350 e. The molecule has 0 aromatic rings. The summed E-state index contributed by atoms with van der Waals surface area (Å²) >= 11 is 0. The van der Waals surface area contributed by atoms with Gasteiger partial charge in [0, 0.05) is 12.8 Å². The third-order valence-corrected chi connectivity index (χ3v) is 2.91. The van der Waals surface area contributed by atoms with Gasteiger partial charge >= 0.3 is 0 Å². The number of hydrogen-bond acceptors (Lipinski definition) is 2. The van der Waals surface area contributed by atoms with Gasteiger partial charge in [-0.25, -0.2) is 0 Å². The van der Waals surface area contributed by atoms with Gasteiger partial charge in [0.15, 0.2) is 5.79 Å². The molecule has 2 heterocycles. The van der Waals surface area contributed by atoms with Crippen LogP contribution in [0.15, 0.2) is 0 Å². The maximum atomic E-state index is 5.85. The molecule has 12 heavy (non-hydrogen) atoms. The van der Waals surface area contributed by atoms with E-state index < -0.39 is 0 Å². The molecule has 2 unspecified atom stereocenters. The standard InChI is InChI=1S/C10H18O2/c1-9-5-7-10(12-9)6-3-2-4-8-11-10/h9H,2-8H2,1H3. The van der Waals surface area contributed by atoms with Crippen LogP contribution in [0.5, 0.6) is 0 Å². The summed E-state index contributed by atoms with van der Waals surface area (Å²) < 4.78 is 11.6. The lowest BCUT2D eigenvalue weighted by molar-refractivity contribution is -0.223. The van der Waals surface area contributed by atoms with Crippen LogP contribution in [0, 0.1) is 0 Å². The van der Waals surface area contributed by atoms with Gasteiger partial charge in [-0.1, -0.05) is 6.42 Å². The Balaban J connectivity index is 1.98. The minimum atomic E-state index is -0.171. The minimum absolute atomic E-state index is 0.171. The Kier molecular flexibility index (Phi) is 2.37. The molecule has 0 amide bonds. The van der Waals surface area contributed by atoms with Crippen LogP contribution in [0.1, 0.15) is 45.4 Å². The van der Waals surface area contributed by atoms with Crippen molar-refractivity contribution in [1.29, 1.82) is 0 Å². The smallest absolute Gasteiger partial charge is 0.168 e. The topological polar surface area (TPSA) is 18.5 Å². The van der Waals surface area contributed by atoms with Crippen LogP contribution in [-0.2, 0) is 9.47 Å². The van der Waals surface area contributed by atoms with E-state index in [4.69, 9.17) is 9.47 Å². The Morgan fingerprint density at radius 3 is 2.83 bits per heavy atom. The van der Waals surface area contributed by atoms with Gasteiger partial charge in [-0.05, 0) is 26.2 Å². The number of ether oxygens (including phenoxy) is 2. The third kappa shape index (κ3) is 1.64. The van der Waals surface area contributed by atoms with Crippen LogP contribution in [0.3, 0.4) is 0 Å². The monoisotopic (exact) mass is 170 g/mol. The zero-order chi connectivity index (χ0) is 8.44. The molecule has 2 saturated heterocycles. The molecule has 70 valence electrons. The largest absolute Gasteiger partial charge is 0.350 e. The molecule has 0 bridgehead atoms. The van der Waals surface area contributed by atoms with Crippen molar-refractivity contribution in [2.24, 2.45) is 0 Å². The van der Waals surface area contributed by atoms with Crippen molar-refractivity contribution in [3.63, 3.8) is 0 Å². The van der Waals surface area contributed by atoms with E-state index in [1.165, 1.54) is 25.7 Å². The Morgan fingerprint density at radius 2 is 2.08 bits per heavy atom. The van der Waals surface area contributed by atoms with Crippen molar-refractivity contribution in [1.82, 2.24) is 0 Å². The molecule has 0 aromatic carbocycles. The summed E-state index contributed by atoms with van der Waals surface area (Å²) in [5.74, 6) is -0.171. The third-order valence-electron chi connectivity index (χ3n) is 2.91. The summed E-state index contributed by atoms with van der Waals surface area (Å²) in [7, 11) is 0. The van der Waals surface area contributed by atoms with Gasteiger partial charge in [0.25, 0.3) is 0 Å². The highest BCUT2D eigenvalue weighted by molar-refractivity contribution is 4.80. The summed E-state index contributed by atoms with van der Waals surface area (Å²) in [6.45, 7) is 3.04. The van der Waals surface area contributed by atoms with E-state index in [9.17, 15) is 0 Å². The Hall–Kier alpha value is -0.0800. The summed E-state index contributed by atoms with van der Waals surface area (Å²) in [4.78, 5) is 0. The van der Waals surface area contributed by atoms with Crippen LogP contribution in [0.4, 0.5) is 0 Å². The first-order valence-corrected chi connectivity index (χ1v) is 5.13. The van der Waals surface area contributed by atoms with Crippen LogP contribution in [-0.4, -0.2) is 18.5 Å². The molecule has 0 radical (unpaired) electrons. The van der Waals surface area contributed by atoms with Crippen LogP contribution in [0.2, 0.25) is 0 Å². The fraction of sp³-hybridized carbons (Fsp3) is 1.00. The average Bonchev–Trinajstić information content (AvgIpc) is 2.30. The van der Waals surface area contributed by atoms with E-state index in [2.05, 4.69) is 6.92 Å². The lowest BCUT2D eigenvalue weighted by Crippen LogP contribution is -2.31. The molecule has 1 spiro atoms. The second-order valence-electron chi connectivity index (χ2n) is 4.04. The first-order valence-electron chi connectivity index (χ1n) is 5.13. The van der Waals surface area contributed by atoms with E-state index in [-0.39, 0.29) is 5.79 Å². The fourth-order valence-electron chi connectivity index (χ4n) is 2.20. The summed E-state index contributed by atoms with van der Waals surface area (Å²) in [5.41, 5.74) is 0. The second-order valence-corrected chi connectivity index (χ2v) is 4.04. The van der Waals surface area contributed by atoms with Gasteiger partial charge in [-0.3, -0.25) is 0 Å². The molecule has 2 rings (SSSR count). The molecule has 0 N–H and O–H groups in total. The van der Waals surface area contributed by atoms with E-state index >= 15 is 0 Å². The summed E-state index contributed by atoms with van der Waals surface area (Å²) in [6.07, 6.45) is 7.57. The first kappa shape index (κ1) is 8.52. The molecule has 2 nitrogen and oxygen atoms in total. The molecule has 0 aliphatic carbocycles. The van der Waals surface area contributed by atoms with Crippen molar-refractivity contribution in [2.75, 3.05) is 6.61 Å². The molecule has 2 aliphatic rings. The van der Waals surface area contributed by atoms with Gasteiger partial charge in [0.05, 0.1) is 12.7 Å². The molecular weight excluding hydrogens is 152 g/mol. The normalized spacial score (nSPS) is 43.2. The molecule has 2 atom stereocenters. The highest BCUT2D eigenvalue weighted by atomic mass is 16.7. The average molecular weight is 170 g/mol. The first-order chi connectivity index (χ1) is 5.81. The second kappa shape index (κ2) is 3.35.